The second-order valence-corrected chi connectivity index (χ2v) is 12.4. The molecule has 3 saturated heterocycles. The van der Waals surface area contributed by atoms with Gasteiger partial charge >= 0.3 is 23.9 Å². The van der Waals surface area contributed by atoms with Crippen LogP contribution in [0.4, 0.5) is 0 Å². The van der Waals surface area contributed by atoms with Crippen molar-refractivity contribution in [1.82, 2.24) is 5.32 Å². The topological polar surface area (TPSA) is 190 Å². The van der Waals surface area contributed by atoms with E-state index in [2.05, 4.69) is 5.32 Å². The maximum Gasteiger partial charge on any atom is 0.303 e. The van der Waals surface area contributed by atoms with Gasteiger partial charge in [-0.2, -0.15) is 0 Å². The van der Waals surface area contributed by atoms with Crippen LogP contribution in [0.2, 0.25) is 0 Å². The van der Waals surface area contributed by atoms with E-state index >= 15 is 0 Å². The lowest BCUT2D eigenvalue weighted by molar-refractivity contribution is -0.379. The first kappa shape index (κ1) is 38.8. The minimum absolute atomic E-state index is 0.0284. The SMILES string of the molecule is CC(=O)N[C@H]1[C@H](OCc2ccccc2)O[C@@H]2CO[C@@H](c3ccccc3)O[C@H]2[C@@H]1O[C@@H]1O[C@H](COC(C)=O)[C@H](OC(C)=O)[C@H](OC(C)=O)[C@H]1OC(C)=O. The van der Waals surface area contributed by atoms with Crippen molar-refractivity contribution in [2.75, 3.05) is 13.2 Å². The van der Waals surface area contributed by atoms with Gasteiger partial charge in [0, 0.05) is 40.2 Å². The maximum absolute atomic E-state index is 12.7. The van der Waals surface area contributed by atoms with E-state index in [-0.39, 0.29) is 13.2 Å². The first-order valence-electron chi connectivity index (χ1n) is 16.8. The van der Waals surface area contributed by atoms with Gasteiger partial charge in [-0.25, -0.2) is 0 Å². The van der Waals surface area contributed by atoms with Gasteiger partial charge in [0.15, 0.2) is 37.2 Å². The van der Waals surface area contributed by atoms with Crippen LogP contribution < -0.4 is 5.32 Å². The molecule has 0 bridgehead atoms. The molecule has 16 heteroatoms. The number of ether oxygens (including phenoxy) is 10. The molecule has 0 aromatic heterocycles. The number of rotatable bonds is 12. The summed E-state index contributed by atoms with van der Waals surface area (Å²) in [4.78, 5) is 61.8. The molecule has 1 amide bonds. The number of benzene rings is 2. The Kier molecular flexibility index (Phi) is 13.3. The Morgan fingerprint density at radius 1 is 0.692 bits per heavy atom. The van der Waals surface area contributed by atoms with Crippen molar-refractivity contribution in [3.8, 4) is 0 Å². The number of carbonyl (C=O) groups excluding carboxylic acids is 5. The predicted molar refractivity (Wildman–Crippen MR) is 174 cm³/mol. The van der Waals surface area contributed by atoms with Gasteiger partial charge < -0.3 is 52.7 Å². The quantitative estimate of drug-likeness (QED) is 0.247. The molecule has 0 radical (unpaired) electrons. The lowest BCUT2D eigenvalue weighted by Crippen LogP contribution is -2.70. The molecule has 16 nitrogen and oxygen atoms in total. The lowest BCUT2D eigenvalue weighted by Gasteiger charge is -2.51. The smallest absolute Gasteiger partial charge is 0.303 e. The summed E-state index contributed by atoms with van der Waals surface area (Å²) in [6.45, 7) is 5.51. The average molecular weight is 730 g/mol. The van der Waals surface area contributed by atoms with Gasteiger partial charge in [0.25, 0.3) is 0 Å². The molecule has 0 spiro atoms. The van der Waals surface area contributed by atoms with E-state index in [9.17, 15) is 24.0 Å². The zero-order chi connectivity index (χ0) is 37.4. The summed E-state index contributed by atoms with van der Waals surface area (Å²) in [5.41, 5.74) is 1.53. The van der Waals surface area contributed by atoms with Crippen molar-refractivity contribution in [3.05, 3.63) is 71.8 Å². The molecule has 282 valence electrons. The molecule has 0 saturated carbocycles. The highest BCUT2D eigenvalue weighted by Crippen LogP contribution is 2.38. The predicted octanol–water partition coefficient (Wildman–Crippen LogP) is 2.02. The normalized spacial score (nSPS) is 31.3. The van der Waals surface area contributed by atoms with Crippen molar-refractivity contribution in [2.45, 2.75) is 109 Å². The Labute approximate surface area is 300 Å². The third-order valence-corrected chi connectivity index (χ3v) is 8.28. The van der Waals surface area contributed by atoms with Crippen molar-refractivity contribution in [2.24, 2.45) is 0 Å². The molecule has 2 aromatic rings. The van der Waals surface area contributed by atoms with Crippen LogP contribution in [0, 0.1) is 0 Å². The Bertz CT molecular complexity index is 1540. The van der Waals surface area contributed by atoms with Crippen molar-refractivity contribution in [1.29, 1.82) is 0 Å². The van der Waals surface area contributed by atoms with E-state index in [1.54, 1.807) is 0 Å². The summed E-state index contributed by atoms with van der Waals surface area (Å²) < 4.78 is 60.0. The summed E-state index contributed by atoms with van der Waals surface area (Å²) in [5.74, 6) is -3.52. The standard InChI is InChI=1S/C36H43NO15/c1-19(38)37-28-31(52-36-33(48-23(5)42)32(47-22(4)41)30(46-21(3)40)26(50-36)17-43-20(2)39)29-27(18-45-34(51-29)25-14-10-7-11-15-25)49-35(28)44-16-24-12-8-6-9-13-24/h6-15,26-36H,16-18H2,1-5H3,(H,37,38)/t26-,27-,28-,29-,30+,31-,32+,33-,34-,35-,36+/m1/s1. The summed E-state index contributed by atoms with van der Waals surface area (Å²) in [7, 11) is 0. The molecule has 0 aliphatic carbocycles. The monoisotopic (exact) mass is 729 g/mol. The molecule has 1 N–H and O–H groups in total. The summed E-state index contributed by atoms with van der Waals surface area (Å²) >= 11 is 0. The van der Waals surface area contributed by atoms with Crippen LogP contribution in [0.5, 0.6) is 0 Å². The van der Waals surface area contributed by atoms with Gasteiger partial charge in [0.05, 0.1) is 13.2 Å². The third-order valence-electron chi connectivity index (χ3n) is 8.28. The second kappa shape index (κ2) is 17.9. The van der Waals surface area contributed by atoms with Crippen LogP contribution in [0.25, 0.3) is 0 Å². The van der Waals surface area contributed by atoms with Gasteiger partial charge in [-0.05, 0) is 5.56 Å². The molecule has 2 aromatic carbocycles. The second-order valence-electron chi connectivity index (χ2n) is 12.4. The van der Waals surface area contributed by atoms with E-state index in [0.717, 1.165) is 26.3 Å². The molecule has 52 heavy (non-hydrogen) atoms. The first-order chi connectivity index (χ1) is 24.9. The largest absolute Gasteiger partial charge is 0.463 e. The molecule has 0 unspecified atom stereocenters. The summed E-state index contributed by atoms with van der Waals surface area (Å²) in [6.07, 6.45) is -12.2. The number of carbonyl (C=O) groups is 5. The molecule has 5 rings (SSSR count). The number of amides is 1. The highest BCUT2D eigenvalue weighted by molar-refractivity contribution is 5.73. The van der Waals surface area contributed by atoms with Crippen molar-refractivity contribution < 1.29 is 71.3 Å². The first-order valence-corrected chi connectivity index (χ1v) is 16.8. The number of hydrogen-bond donors (Lipinski definition) is 1. The molecule has 3 heterocycles. The van der Waals surface area contributed by atoms with E-state index in [4.69, 9.17) is 47.4 Å². The fraction of sp³-hybridized carbons (Fsp3) is 0.528. The third kappa shape index (κ3) is 10.1. The molecular formula is C36H43NO15. The van der Waals surface area contributed by atoms with Gasteiger partial charge in [0.2, 0.25) is 5.91 Å². The van der Waals surface area contributed by atoms with E-state index < -0.39 is 104 Å². The lowest BCUT2D eigenvalue weighted by atomic mass is 9.94. The van der Waals surface area contributed by atoms with Crippen LogP contribution in [-0.2, 0) is 77.9 Å². The van der Waals surface area contributed by atoms with E-state index in [0.29, 0.717) is 5.56 Å². The van der Waals surface area contributed by atoms with Gasteiger partial charge in [-0.15, -0.1) is 0 Å². The number of hydrogen-bond acceptors (Lipinski definition) is 15. The maximum atomic E-state index is 12.7. The Balaban J connectivity index is 1.55. The van der Waals surface area contributed by atoms with Crippen LogP contribution in [0.1, 0.15) is 52.0 Å². The molecule has 3 aliphatic heterocycles. The van der Waals surface area contributed by atoms with Crippen molar-refractivity contribution >= 4 is 29.8 Å². The Hall–Kier alpha value is -4.45. The molecule has 11 atom stereocenters. The number of fused-ring (bicyclic) bond motifs is 1. The van der Waals surface area contributed by atoms with Crippen LogP contribution >= 0.6 is 0 Å². The van der Waals surface area contributed by atoms with Crippen LogP contribution in [-0.4, -0.2) is 104 Å². The summed E-state index contributed by atoms with van der Waals surface area (Å²) in [5, 5.41) is 2.86. The Morgan fingerprint density at radius 3 is 1.92 bits per heavy atom. The number of nitrogens with one attached hydrogen (secondary N) is 1. The fourth-order valence-corrected chi connectivity index (χ4v) is 6.25. The average Bonchev–Trinajstić information content (AvgIpc) is 3.10. The molecular weight excluding hydrogens is 686 g/mol. The Morgan fingerprint density at radius 2 is 1.31 bits per heavy atom. The minimum atomic E-state index is -1.59. The summed E-state index contributed by atoms with van der Waals surface area (Å²) in [6, 6.07) is 17.4. The minimum Gasteiger partial charge on any atom is -0.463 e. The van der Waals surface area contributed by atoms with Gasteiger partial charge in [-0.3, -0.25) is 24.0 Å². The highest BCUT2D eigenvalue weighted by atomic mass is 16.8. The fourth-order valence-electron chi connectivity index (χ4n) is 6.25. The van der Waals surface area contributed by atoms with Gasteiger partial charge in [-0.1, -0.05) is 60.7 Å². The number of esters is 4. The molecule has 3 fully saturated rings. The van der Waals surface area contributed by atoms with Crippen molar-refractivity contribution in [3.63, 3.8) is 0 Å². The van der Waals surface area contributed by atoms with E-state index in [1.807, 2.05) is 60.7 Å². The van der Waals surface area contributed by atoms with Crippen LogP contribution in [0.15, 0.2) is 60.7 Å². The van der Waals surface area contributed by atoms with Gasteiger partial charge in [0.1, 0.15) is 37.1 Å². The van der Waals surface area contributed by atoms with Crippen LogP contribution in [0.3, 0.4) is 0 Å². The zero-order valence-electron chi connectivity index (χ0n) is 29.4. The highest BCUT2D eigenvalue weighted by Gasteiger charge is 2.57. The zero-order valence-corrected chi connectivity index (χ0v) is 29.4. The van der Waals surface area contributed by atoms with E-state index in [1.165, 1.54) is 13.8 Å². The molecule has 3 aliphatic rings.